The fraction of sp³-hybridized carbons (Fsp3) is 0.562. The highest BCUT2D eigenvalue weighted by molar-refractivity contribution is 9.10. The predicted octanol–water partition coefficient (Wildman–Crippen LogP) is 3.26. The van der Waals surface area contributed by atoms with E-state index in [0.29, 0.717) is 0 Å². The largest absolute Gasteiger partial charge is 0.352 e. The van der Waals surface area contributed by atoms with Crippen molar-refractivity contribution in [2.24, 2.45) is 11.1 Å². The van der Waals surface area contributed by atoms with Crippen LogP contribution < -0.4 is 11.1 Å². The molecule has 1 aromatic carbocycles. The van der Waals surface area contributed by atoms with Crippen LogP contribution in [0.15, 0.2) is 28.7 Å². The van der Waals surface area contributed by atoms with E-state index >= 15 is 0 Å². The number of nitrogens with two attached hydrogens (primary N) is 1. The van der Waals surface area contributed by atoms with Gasteiger partial charge in [0.05, 0.1) is 6.04 Å². The summed E-state index contributed by atoms with van der Waals surface area (Å²) in [5.41, 5.74) is 7.01. The van der Waals surface area contributed by atoms with Crippen molar-refractivity contribution in [1.82, 2.24) is 5.32 Å². The Labute approximate surface area is 130 Å². The van der Waals surface area contributed by atoms with Crippen molar-refractivity contribution in [1.29, 1.82) is 0 Å². The number of benzene rings is 1. The number of rotatable bonds is 5. The molecule has 2 atom stereocenters. The Balaban J connectivity index is 2.42. The monoisotopic (exact) mass is 340 g/mol. The number of halogens is 1. The minimum atomic E-state index is -0.474. The van der Waals surface area contributed by atoms with Gasteiger partial charge < -0.3 is 11.1 Å². The first-order valence-corrected chi connectivity index (χ1v) is 7.80. The van der Waals surface area contributed by atoms with E-state index in [4.69, 9.17) is 5.73 Å². The van der Waals surface area contributed by atoms with Gasteiger partial charge in [0.2, 0.25) is 5.91 Å². The topological polar surface area (TPSA) is 55.1 Å². The van der Waals surface area contributed by atoms with Gasteiger partial charge in [-0.25, -0.2) is 0 Å². The summed E-state index contributed by atoms with van der Waals surface area (Å²) in [5.74, 6) is -0.0687. The second kappa shape index (κ2) is 7.23. The zero-order chi connectivity index (χ0) is 15.3. The normalized spacial score (nSPS) is 14.7. The van der Waals surface area contributed by atoms with E-state index in [1.165, 1.54) is 5.56 Å². The Morgan fingerprint density at radius 3 is 2.35 bits per heavy atom. The summed E-state index contributed by atoms with van der Waals surface area (Å²) in [6.07, 6.45) is 1.85. The smallest absolute Gasteiger partial charge is 0.237 e. The quantitative estimate of drug-likeness (QED) is 0.864. The Kier molecular flexibility index (Phi) is 6.21. The van der Waals surface area contributed by atoms with Gasteiger partial charge in [0, 0.05) is 10.5 Å². The van der Waals surface area contributed by atoms with Crippen LogP contribution in [-0.2, 0) is 11.2 Å². The molecule has 0 bridgehead atoms. The minimum absolute atomic E-state index is 0.0687. The number of carbonyl (C=O) groups is 1. The van der Waals surface area contributed by atoms with Gasteiger partial charge in [-0.15, -0.1) is 0 Å². The molecular weight excluding hydrogens is 316 g/mol. The Hall–Kier alpha value is -0.870. The van der Waals surface area contributed by atoms with Crippen LogP contribution in [0.4, 0.5) is 0 Å². The second-order valence-electron chi connectivity index (χ2n) is 6.42. The van der Waals surface area contributed by atoms with Crippen LogP contribution >= 0.6 is 15.9 Å². The number of carbonyl (C=O) groups excluding carboxylic acids is 1. The van der Waals surface area contributed by atoms with Gasteiger partial charge in [0.25, 0.3) is 0 Å². The molecule has 1 unspecified atom stereocenters. The highest BCUT2D eigenvalue weighted by Gasteiger charge is 2.27. The van der Waals surface area contributed by atoms with Gasteiger partial charge in [-0.05, 0) is 42.9 Å². The average molecular weight is 341 g/mol. The van der Waals surface area contributed by atoms with Crippen LogP contribution in [0.5, 0.6) is 0 Å². The van der Waals surface area contributed by atoms with Crippen LogP contribution in [0.3, 0.4) is 0 Å². The first kappa shape index (κ1) is 17.2. The van der Waals surface area contributed by atoms with Gasteiger partial charge in [0.1, 0.15) is 0 Å². The third-order valence-electron chi connectivity index (χ3n) is 3.38. The number of nitrogens with one attached hydrogen (secondary N) is 1. The molecule has 1 amide bonds. The summed E-state index contributed by atoms with van der Waals surface area (Å²) in [6, 6.07) is 7.92. The molecule has 1 aromatic rings. The van der Waals surface area contributed by atoms with E-state index in [1.807, 2.05) is 39.8 Å². The van der Waals surface area contributed by atoms with Crippen LogP contribution in [0.25, 0.3) is 0 Å². The maximum absolute atomic E-state index is 12.0. The fourth-order valence-electron chi connectivity index (χ4n) is 1.83. The summed E-state index contributed by atoms with van der Waals surface area (Å²) < 4.78 is 1.08. The molecule has 3 nitrogen and oxygen atoms in total. The van der Waals surface area contributed by atoms with Gasteiger partial charge in [-0.3, -0.25) is 4.79 Å². The molecule has 112 valence electrons. The molecule has 1 rings (SSSR count). The molecular formula is C16H25BrN2O. The van der Waals surface area contributed by atoms with E-state index in [9.17, 15) is 4.79 Å². The van der Waals surface area contributed by atoms with E-state index < -0.39 is 6.04 Å². The first-order valence-electron chi connectivity index (χ1n) is 7.00. The number of hydrogen-bond acceptors (Lipinski definition) is 2. The molecule has 0 radical (unpaired) electrons. The van der Waals surface area contributed by atoms with Gasteiger partial charge in [-0.1, -0.05) is 48.8 Å². The summed E-state index contributed by atoms with van der Waals surface area (Å²) in [4.78, 5) is 12.0. The maximum atomic E-state index is 12.0. The standard InChI is InChI=1S/C16H25BrN2O/c1-11(19-15(20)14(18)16(2,3)4)5-6-12-7-9-13(17)10-8-12/h7-11,14H,5-6,18H2,1-4H3,(H,19,20)/t11?,14-/m1/s1. The molecule has 0 aromatic heterocycles. The molecule has 0 aliphatic rings. The van der Waals surface area contributed by atoms with E-state index in [1.54, 1.807) is 0 Å². The lowest BCUT2D eigenvalue weighted by atomic mass is 9.87. The van der Waals surface area contributed by atoms with E-state index in [0.717, 1.165) is 17.3 Å². The third-order valence-corrected chi connectivity index (χ3v) is 3.91. The van der Waals surface area contributed by atoms with Crippen LogP contribution in [0, 0.1) is 5.41 Å². The summed E-state index contributed by atoms with van der Waals surface area (Å²) in [7, 11) is 0. The van der Waals surface area contributed by atoms with Crippen molar-refractivity contribution < 1.29 is 4.79 Å². The van der Waals surface area contributed by atoms with Crippen molar-refractivity contribution in [2.45, 2.75) is 52.6 Å². The van der Waals surface area contributed by atoms with Crippen molar-refractivity contribution in [3.8, 4) is 0 Å². The van der Waals surface area contributed by atoms with Crippen molar-refractivity contribution in [2.75, 3.05) is 0 Å². The highest BCUT2D eigenvalue weighted by atomic mass is 79.9. The van der Waals surface area contributed by atoms with Crippen LogP contribution in [0.1, 0.15) is 39.7 Å². The second-order valence-corrected chi connectivity index (χ2v) is 7.33. The zero-order valence-electron chi connectivity index (χ0n) is 12.7. The van der Waals surface area contributed by atoms with E-state index in [2.05, 4.69) is 33.4 Å². The predicted molar refractivity (Wildman–Crippen MR) is 87.5 cm³/mol. The molecule has 0 aliphatic heterocycles. The van der Waals surface area contributed by atoms with Crippen LogP contribution in [0.2, 0.25) is 0 Å². The van der Waals surface area contributed by atoms with Crippen molar-refractivity contribution in [3.05, 3.63) is 34.3 Å². The van der Waals surface area contributed by atoms with Crippen molar-refractivity contribution in [3.63, 3.8) is 0 Å². The maximum Gasteiger partial charge on any atom is 0.237 e. The highest BCUT2D eigenvalue weighted by Crippen LogP contribution is 2.17. The number of aryl methyl sites for hydroxylation is 1. The molecule has 20 heavy (non-hydrogen) atoms. The van der Waals surface area contributed by atoms with E-state index in [-0.39, 0.29) is 17.4 Å². The zero-order valence-corrected chi connectivity index (χ0v) is 14.3. The first-order chi connectivity index (χ1) is 9.20. The number of amides is 1. The number of hydrogen-bond donors (Lipinski definition) is 2. The minimum Gasteiger partial charge on any atom is -0.352 e. The van der Waals surface area contributed by atoms with Crippen molar-refractivity contribution >= 4 is 21.8 Å². The molecule has 0 fully saturated rings. The Morgan fingerprint density at radius 1 is 1.30 bits per heavy atom. The molecule has 0 saturated carbocycles. The molecule has 4 heteroatoms. The third kappa shape index (κ3) is 5.63. The molecule has 3 N–H and O–H groups in total. The fourth-order valence-corrected chi connectivity index (χ4v) is 2.10. The summed E-state index contributed by atoms with van der Waals surface area (Å²) >= 11 is 3.42. The SMILES string of the molecule is CC(CCc1ccc(Br)cc1)NC(=O)[C@@H](N)C(C)(C)C. The molecule has 0 spiro atoms. The lowest BCUT2D eigenvalue weighted by molar-refractivity contribution is -0.125. The average Bonchev–Trinajstić information content (AvgIpc) is 2.36. The lowest BCUT2D eigenvalue weighted by Crippen LogP contribution is -2.50. The lowest BCUT2D eigenvalue weighted by Gasteiger charge is -2.27. The Morgan fingerprint density at radius 2 is 1.85 bits per heavy atom. The molecule has 0 saturated heterocycles. The van der Waals surface area contributed by atoms with Crippen LogP contribution in [-0.4, -0.2) is 18.0 Å². The molecule has 0 aliphatic carbocycles. The summed E-state index contributed by atoms with van der Waals surface area (Å²) in [6.45, 7) is 7.95. The van der Waals surface area contributed by atoms with Gasteiger partial charge in [-0.2, -0.15) is 0 Å². The summed E-state index contributed by atoms with van der Waals surface area (Å²) in [5, 5.41) is 2.99. The van der Waals surface area contributed by atoms with Gasteiger partial charge >= 0.3 is 0 Å². The van der Waals surface area contributed by atoms with Gasteiger partial charge in [0.15, 0.2) is 0 Å². The Bertz CT molecular complexity index is 437. The molecule has 0 heterocycles.